The molecule has 0 aromatic carbocycles. The Morgan fingerprint density at radius 1 is 1.43 bits per heavy atom. The normalized spacial score (nSPS) is 14.9. The number of carbonyl (C=O) groups is 1. The van der Waals surface area contributed by atoms with E-state index in [1.54, 1.807) is 7.11 Å². The van der Waals surface area contributed by atoms with E-state index < -0.39 is 5.54 Å². The highest BCUT2D eigenvalue weighted by atomic mass is 16.5. The van der Waals surface area contributed by atoms with Gasteiger partial charge in [0, 0.05) is 13.7 Å². The van der Waals surface area contributed by atoms with Gasteiger partial charge >= 0.3 is 5.97 Å². The maximum Gasteiger partial charge on any atom is 0.325 e. The molecule has 0 rings (SSSR count). The Bertz CT molecular complexity index is 173. The molecular formula is C10H21NO3. The lowest BCUT2D eigenvalue weighted by Gasteiger charge is -2.26. The molecule has 0 aliphatic rings. The molecule has 0 heterocycles. The van der Waals surface area contributed by atoms with Gasteiger partial charge in [0.25, 0.3) is 0 Å². The Morgan fingerprint density at radius 2 is 2.07 bits per heavy atom. The molecule has 0 saturated carbocycles. The standard InChI is InChI=1S/C10H21NO3/c1-5-10(2,9(12)14-4)11-7-6-8-13-3/h11H,5-8H2,1-4H3. The molecule has 0 spiro atoms. The lowest BCUT2D eigenvalue weighted by atomic mass is 9.99. The van der Waals surface area contributed by atoms with Gasteiger partial charge in [-0.25, -0.2) is 0 Å². The highest BCUT2D eigenvalue weighted by Crippen LogP contribution is 2.10. The zero-order valence-electron chi connectivity index (χ0n) is 9.55. The molecule has 4 heteroatoms. The van der Waals surface area contributed by atoms with Crippen molar-refractivity contribution in [3.05, 3.63) is 0 Å². The van der Waals surface area contributed by atoms with E-state index in [1.165, 1.54) is 7.11 Å². The van der Waals surface area contributed by atoms with Crippen molar-refractivity contribution in [1.82, 2.24) is 5.32 Å². The van der Waals surface area contributed by atoms with Crippen molar-refractivity contribution in [3.8, 4) is 0 Å². The maximum absolute atomic E-state index is 11.4. The molecule has 0 aromatic heterocycles. The zero-order valence-corrected chi connectivity index (χ0v) is 9.55. The maximum atomic E-state index is 11.4. The Labute approximate surface area is 86.0 Å². The predicted octanol–water partition coefficient (Wildman–Crippen LogP) is 0.954. The predicted molar refractivity (Wildman–Crippen MR) is 55.2 cm³/mol. The number of hydrogen-bond acceptors (Lipinski definition) is 4. The summed E-state index contributed by atoms with van der Waals surface area (Å²) in [5.41, 5.74) is -0.567. The van der Waals surface area contributed by atoms with Crippen LogP contribution in [0.4, 0.5) is 0 Å². The van der Waals surface area contributed by atoms with Crippen molar-refractivity contribution in [2.75, 3.05) is 27.4 Å². The van der Waals surface area contributed by atoms with E-state index in [2.05, 4.69) is 5.32 Å². The third-order valence-electron chi connectivity index (χ3n) is 2.38. The third-order valence-corrected chi connectivity index (χ3v) is 2.38. The molecule has 0 fully saturated rings. The summed E-state index contributed by atoms with van der Waals surface area (Å²) in [7, 11) is 3.08. The van der Waals surface area contributed by atoms with Crippen LogP contribution in [0.25, 0.3) is 0 Å². The Balaban J connectivity index is 3.93. The van der Waals surface area contributed by atoms with Gasteiger partial charge in [0.05, 0.1) is 7.11 Å². The van der Waals surface area contributed by atoms with Crippen LogP contribution in [-0.4, -0.2) is 38.9 Å². The fraction of sp³-hybridized carbons (Fsp3) is 0.900. The van der Waals surface area contributed by atoms with Gasteiger partial charge in [-0.2, -0.15) is 0 Å². The number of nitrogens with one attached hydrogen (secondary N) is 1. The minimum Gasteiger partial charge on any atom is -0.468 e. The monoisotopic (exact) mass is 203 g/mol. The molecule has 1 atom stereocenters. The highest BCUT2D eigenvalue weighted by Gasteiger charge is 2.31. The summed E-state index contributed by atoms with van der Waals surface area (Å²) in [6.07, 6.45) is 1.61. The van der Waals surface area contributed by atoms with Crippen LogP contribution in [0.3, 0.4) is 0 Å². The second-order valence-electron chi connectivity index (χ2n) is 3.45. The number of methoxy groups -OCH3 is 2. The smallest absolute Gasteiger partial charge is 0.325 e. The molecule has 14 heavy (non-hydrogen) atoms. The van der Waals surface area contributed by atoms with Gasteiger partial charge in [-0.1, -0.05) is 6.92 Å². The first kappa shape index (κ1) is 13.4. The molecule has 84 valence electrons. The van der Waals surface area contributed by atoms with Crippen LogP contribution in [0.15, 0.2) is 0 Å². The third kappa shape index (κ3) is 4.07. The van der Waals surface area contributed by atoms with Gasteiger partial charge in [-0.05, 0) is 26.3 Å². The van der Waals surface area contributed by atoms with Crippen molar-refractivity contribution in [3.63, 3.8) is 0 Å². The van der Waals surface area contributed by atoms with Crippen LogP contribution in [0.1, 0.15) is 26.7 Å². The Hall–Kier alpha value is -0.610. The molecule has 0 aromatic rings. The molecule has 0 radical (unpaired) electrons. The average molecular weight is 203 g/mol. The summed E-state index contributed by atoms with van der Waals surface area (Å²) in [4.78, 5) is 11.4. The van der Waals surface area contributed by atoms with Crippen molar-refractivity contribution < 1.29 is 14.3 Å². The number of rotatable bonds is 7. The van der Waals surface area contributed by atoms with Crippen molar-refractivity contribution in [2.45, 2.75) is 32.2 Å². The lowest BCUT2D eigenvalue weighted by molar-refractivity contribution is -0.148. The Kier molecular flexibility index (Phi) is 6.49. The molecule has 4 nitrogen and oxygen atoms in total. The van der Waals surface area contributed by atoms with Gasteiger partial charge in [0.2, 0.25) is 0 Å². The molecule has 0 aliphatic carbocycles. The molecular weight excluding hydrogens is 182 g/mol. The first-order chi connectivity index (χ1) is 6.60. The summed E-state index contributed by atoms with van der Waals surface area (Å²) < 4.78 is 9.65. The molecule has 1 unspecified atom stereocenters. The van der Waals surface area contributed by atoms with Gasteiger partial charge in [0.1, 0.15) is 5.54 Å². The van der Waals surface area contributed by atoms with Crippen molar-refractivity contribution in [1.29, 1.82) is 0 Å². The van der Waals surface area contributed by atoms with E-state index >= 15 is 0 Å². The lowest BCUT2D eigenvalue weighted by Crippen LogP contribution is -2.50. The minimum absolute atomic E-state index is 0.211. The van der Waals surface area contributed by atoms with Gasteiger partial charge in [-0.3, -0.25) is 4.79 Å². The van der Waals surface area contributed by atoms with Crippen LogP contribution < -0.4 is 5.32 Å². The molecule has 1 N–H and O–H groups in total. The number of esters is 1. The van der Waals surface area contributed by atoms with Crippen LogP contribution >= 0.6 is 0 Å². The first-order valence-electron chi connectivity index (χ1n) is 4.93. The van der Waals surface area contributed by atoms with Crippen LogP contribution in [-0.2, 0) is 14.3 Å². The largest absolute Gasteiger partial charge is 0.468 e. The van der Waals surface area contributed by atoms with E-state index in [1.807, 2.05) is 13.8 Å². The van der Waals surface area contributed by atoms with Crippen LogP contribution in [0.5, 0.6) is 0 Å². The summed E-state index contributed by atoms with van der Waals surface area (Å²) in [6.45, 7) is 5.27. The van der Waals surface area contributed by atoms with Crippen LogP contribution in [0, 0.1) is 0 Å². The summed E-state index contributed by atoms with van der Waals surface area (Å²) in [6, 6.07) is 0. The summed E-state index contributed by atoms with van der Waals surface area (Å²) in [5, 5.41) is 3.18. The summed E-state index contributed by atoms with van der Waals surface area (Å²) >= 11 is 0. The van der Waals surface area contributed by atoms with Crippen molar-refractivity contribution >= 4 is 5.97 Å². The average Bonchev–Trinajstić information content (AvgIpc) is 2.22. The highest BCUT2D eigenvalue weighted by molar-refractivity contribution is 5.80. The van der Waals surface area contributed by atoms with E-state index in [0.717, 1.165) is 13.0 Å². The zero-order chi connectivity index (χ0) is 11.0. The number of hydrogen-bond donors (Lipinski definition) is 1. The first-order valence-corrected chi connectivity index (χ1v) is 4.93. The fourth-order valence-electron chi connectivity index (χ4n) is 1.15. The van der Waals surface area contributed by atoms with Gasteiger partial charge in [-0.15, -0.1) is 0 Å². The van der Waals surface area contributed by atoms with E-state index in [4.69, 9.17) is 9.47 Å². The molecule has 0 saturated heterocycles. The fourth-order valence-corrected chi connectivity index (χ4v) is 1.15. The topological polar surface area (TPSA) is 47.6 Å². The molecule has 0 aliphatic heterocycles. The van der Waals surface area contributed by atoms with Gasteiger partial charge in [0.15, 0.2) is 0 Å². The van der Waals surface area contributed by atoms with E-state index in [9.17, 15) is 4.79 Å². The minimum atomic E-state index is -0.567. The Morgan fingerprint density at radius 3 is 2.50 bits per heavy atom. The van der Waals surface area contributed by atoms with Crippen molar-refractivity contribution in [2.24, 2.45) is 0 Å². The second kappa shape index (κ2) is 6.79. The summed E-state index contributed by atoms with van der Waals surface area (Å²) in [5.74, 6) is -0.211. The van der Waals surface area contributed by atoms with Gasteiger partial charge < -0.3 is 14.8 Å². The SMILES string of the molecule is CCC(C)(NCCCOC)C(=O)OC. The number of carbonyl (C=O) groups excluding carboxylic acids is 1. The van der Waals surface area contributed by atoms with Crippen LogP contribution in [0.2, 0.25) is 0 Å². The van der Waals surface area contributed by atoms with E-state index in [0.29, 0.717) is 13.0 Å². The second-order valence-corrected chi connectivity index (χ2v) is 3.45. The molecule has 0 bridgehead atoms. The van der Waals surface area contributed by atoms with E-state index in [-0.39, 0.29) is 5.97 Å². The number of ether oxygens (including phenoxy) is 2. The quantitative estimate of drug-likeness (QED) is 0.494. The molecule has 0 amide bonds.